The second-order valence-electron chi connectivity index (χ2n) is 5.80. The Morgan fingerprint density at radius 1 is 1.33 bits per heavy atom. The summed E-state index contributed by atoms with van der Waals surface area (Å²) in [5.41, 5.74) is 0.876. The van der Waals surface area contributed by atoms with Crippen LogP contribution in [0.25, 0.3) is 16.3 Å². The van der Waals surface area contributed by atoms with Crippen molar-refractivity contribution in [3.05, 3.63) is 48.4 Å². The number of aromatic nitrogens is 1. The Morgan fingerprint density at radius 3 is 2.76 bits per heavy atom. The van der Waals surface area contributed by atoms with Crippen LogP contribution >= 0.6 is 0 Å². The van der Waals surface area contributed by atoms with E-state index in [0.29, 0.717) is 6.42 Å². The first kappa shape index (κ1) is 13.6. The number of rotatable bonds is 3. The first-order chi connectivity index (χ1) is 10.0. The van der Waals surface area contributed by atoms with Crippen LogP contribution in [0.4, 0.5) is 0 Å². The number of nitrogens with zero attached hydrogens (tertiary/aromatic N) is 1. The Morgan fingerprint density at radius 2 is 2.10 bits per heavy atom. The SMILES string of the molecule is CC(C)C1(C(=O)O)CC(c2nccc3ccccc23)=CN1. The molecule has 1 aliphatic heterocycles. The van der Waals surface area contributed by atoms with E-state index >= 15 is 0 Å². The molecule has 0 radical (unpaired) electrons. The Bertz CT molecular complexity index is 731. The van der Waals surface area contributed by atoms with Crippen molar-refractivity contribution in [1.82, 2.24) is 10.3 Å². The maximum absolute atomic E-state index is 11.7. The van der Waals surface area contributed by atoms with Gasteiger partial charge in [-0.3, -0.25) is 4.98 Å². The van der Waals surface area contributed by atoms with E-state index in [0.717, 1.165) is 22.0 Å². The molecule has 2 heterocycles. The van der Waals surface area contributed by atoms with Gasteiger partial charge in [-0.05, 0) is 22.9 Å². The van der Waals surface area contributed by atoms with Crippen molar-refractivity contribution in [2.24, 2.45) is 5.92 Å². The molecule has 1 unspecified atom stereocenters. The van der Waals surface area contributed by atoms with Crippen LogP contribution in [0, 0.1) is 5.92 Å². The van der Waals surface area contributed by atoms with Crippen molar-refractivity contribution >= 4 is 22.3 Å². The molecule has 108 valence electrons. The summed E-state index contributed by atoms with van der Waals surface area (Å²) in [4.78, 5) is 16.2. The molecule has 0 bridgehead atoms. The highest BCUT2D eigenvalue weighted by molar-refractivity contribution is 5.94. The van der Waals surface area contributed by atoms with Crippen LogP contribution in [0.1, 0.15) is 26.0 Å². The van der Waals surface area contributed by atoms with Crippen molar-refractivity contribution in [3.63, 3.8) is 0 Å². The van der Waals surface area contributed by atoms with Gasteiger partial charge in [-0.25, -0.2) is 4.79 Å². The third-order valence-electron chi connectivity index (χ3n) is 4.32. The number of benzene rings is 1. The van der Waals surface area contributed by atoms with E-state index in [4.69, 9.17) is 0 Å². The lowest BCUT2D eigenvalue weighted by Crippen LogP contribution is -2.51. The van der Waals surface area contributed by atoms with Crippen molar-refractivity contribution < 1.29 is 9.90 Å². The molecule has 21 heavy (non-hydrogen) atoms. The van der Waals surface area contributed by atoms with Gasteiger partial charge in [0.25, 0.3) is 0 Å². The zero-order valence-electron chi connectivity index (χ0n) is 12.1. The summed E-state index contributed by atoms with van der Waals surface area (Å²) >= 11 is 0. The number of fused-ring (bicyclic) bond motifs is 1. The summed E-state index contributed by atoms with van der Waals surface area (Å²) in [6.07, 6.45) is 4.03. The highest BCUT2D eigenvalue weighted by atomic mass is 16.4. The van der Waals surface area contributed by atoms with Gasteiger partial charge in [-0.15, -0.1) is 0 Å². The van der Waals surface area contributed by atoms with Gasteiger partial charge in [0.1, 0.15) is 5.54 Å². The molecule has 0 aliphatic carbocycles. The van der Waals surface area contributed by atoms with E-state index in [1.807, 2.05) is 50.4 Å². The van der Waals surface area contributed by atoms with Crippen molar-refractivity contribution in [1.29, 1.82) is 0 Å². The van der Waals surface area contributed by atoms with Crippen LogP contribution < -0.4 is 5.32 Å². The minimum atomic E-state index is -0.937. The summed E-state index contributed by atoms with van der Waals surface area (Å²) in [5, 5.41) is 14.8. The normalized spacial score (nSPS) is 21.4. The van der Waals surface area contributed by atoms with Crippen LogP contribution in [-0.4, -0.2) is 21.6 Å². The summed E-state index contributed by atoms with van der Waals surface area (Å²) in [7, 11) is 0. The number of hydrogen-bond acceptors (Lipinski definition) is 3. The van der Waals surface area contributed by atoms with Gasteiger partial charge in [-0.1, -0.05) is 38.1 Å². The molecule has 4 nitrogen and oxygen atoms in total. The smallest absolute Gasteiger partial charge is 0.329 e. The van der Waals surface area contributed by atoms with E-state index in [1.54, 1.807) is 6.20 Å². The number of aliphatic carboxylic acids is 1. The molecule has 2 aromatic rings. The van der Waals surface area contributed by atoms with Gasteiger partial charge < -0.3 is 10.4 Å². The standard InChI is InChI=1S/C17H18N2O2/c1-11(2)17(16(20)21)9-13(10-19-17)15-14-6-4-3-5-12(14)7-8-18-15/h3-8,10-11,19H,9H2,1-2H3,(H,20,21). The largest absolute Gasteiger partial charge is 0.479 e. The third-order valence-corrected chi connectivity index (χ3v) is 4.32. The fourth-order valence-corrected chi connectivity index (χ4v) is 2.90. The van der Waals surface area contributed by atoms with Gasteiger partial charge in [0.15, 0.2) is 0 Å². The molecule has 1 aromatic carbocycles. The predicted molar refractivity (Wildman–Crippen MR) is 82.7 cm³/mol. The molecule has 0 spiro atoms. The van der Waals surface area contributed by atoms with Crippen molar-refractivity contribution in [2.45, 2.75) is 25.8 Å². The Hall–Kier alpha value is -2.36. The zero-order chi connectivity index (χ0) is 15.0. The number of hydrogen-bond donors (Lipinski definition) is 2. The molecule has 0 saturated heterocycles. The minimum absolute atomic E-state index is 0.0151. The van der Waals surface area contributed by atoms with Gasteiger partial charge in [0, 0.05) is 24.2 Å². The summed E-state index contributed by atoms with van der Waals surface area (Å²) in [5.74, 6) is -0.831. The number of pyridine rings is 1. The van der Waals surface area contributed by atoms with E-state index in [1.165, 1.54) is 0 Å². The molecule has 1 aromatic heterocycles. The van der Waals surface area contributed by atoms with Crippen LogP contribution in [0.15, 0.2) is 42.7 Å². The zero-order valence-corrected chi connectivity index (χ0v) is 12.1. The van der Waals surface area contributed by atoms with Crippen molar-refractivity contribution in [3.8, 4) is 0 Å². The van der Waals surface area contributed by atoms with Crippen LogP contribution in [0.2, 0.25) is 0 Å². The molecule has 0 fully saturated rings. The molecule has 0 amide bonds. The topological polar surface area (TPSA) is 62.2 Å². The van der Waals surface area contributed by atoms with Crippen molar-refractivity contribution in [2.75, 3.05) is 0 Å². The second-order valence-corrected chi connectivity index (χ2v) is 5.80. The molecule has 1 aliphatic rings. The fraction of sp³-hybridized carbons (Fsp3) is 0.294. The Kier molecular flexibility index (Phi) is 3.16. The molecule has 0 saturated carbocycles. The number of carboxylic acid groups (broad SMARTS) is 1. The van der Waals surface area contributed by atoms with Gasteiger partial charge >= 0.3 is 5.97 Å². The lowest BCUT2D eigenvalue weighted by Gasteiger charge is -2.29. The van der Waals surface area contributed by atoms with Gasteiger partial charge in [0.2, 0.25) is 0 Å². The maximum Gasteiger partial charge on any atom is 0.329 e. The van der Waals surface area contributed by atoms with E-state index in [2.05, 4.69) is 10.3 Å². The number of carboxylic acids is 1. The molecule has 4 heteroatoms. The lowest BCUT2D eigenvalue weighted by atomic mass is 9.82. The molecule has 3 rings (SSSR count). The highest BCUT2D eigenvalue weighted by Gasteiger charge is 2.45. The second kappa shape index (κ2) is 4.88. The monoisotopic (exact) mass is 282 g/mol. The minimum Gasteiger partial charge on any atom is -0.479 e. The molecular formula is C17H18N2O2. The third kappa shape index (κ3) is 2.07. The van der Waals surface area contributed by atoms with Crippen LogP contribution in [-0.2, 0) is 4.79 Å². The number of nitrogens with one attached hydrogen (secondary N) is 1. The molecule has 1 atom stereocenters. The average Bonchev–Trinajstić information content (AvgIpc) is 2.93. The first-order valence-corrected chi connectivity index (χ1v) is 7.09. The van der Waals surface area contributed by atoms with E-state index in [9.17, 15) is 9.90 Å². The first-order valence-electron chi connectivity index (χ1n) is 7.09. The van der Waals surface area contributed by atoms with Crippen LogP contribution in [0.5, 0.6) is 0 Å². The van der Waals surface area contributed by atoms with E-state index < -0.39 is 11.5 Å². The predicted octanol–water partition coefficient (Wildman–Crippen LogP) is 3.05. The summed E-state index contributed by atoms with van der Waals surface area (Å²) in [6, 6.07) is 9.99. The van der Waals surface area contributed by atoms with E-state index in [-0.39, 0.29) is 5.92 Å². The molecular weight excluding hydrogens is 264 g/mol. The fourth-order valence-electron chi connectivity index (χ4n) is 2.90. The Labute approximate surface area is 123 Å². The van der Waals surface area contributed by atoms with Gasteiger partial charge in [0.05, 0.1) is 5.69 Å². The Balaban J connectivity index is 2.04. The quantitative estimate of drug-likeness (QED) is 0.908. The van der Waals surface area contributed by atoms with Gasteiger partial charge in [-0.2, -0.15) is 0 Å². The molecule has 2 N–H and O–H groups in total. The summed E-state index contributed by atoms with van der Waals surface area (Å²) < 4.78 is 0. The maximum atomic E-state index is 11.7. The lowest BCUT2D eigenvalue weighted by molar-refractivity contribution is -0.145. The number of carbonyl (C=O) groups is 1. The van der Waals surface area contributed by atoms with Crippen LogP contribution in [0.3, 0.4) is 0 Å². The average molecular weight is 282 g/mol. The highest BCUT2D eigenvalue weighted by Crippen LogP contribution is 2.36. The summed E-state index contributed by atoms with van der Waals surface area (Å²) in [6.45, 7) is 3.85.